The number of aromatic amines is 2. The summed E-state index contributed by atoms with van der Waals surface area (Å²) in [5.74, 6) is 2.30. The van der Waals surface area contributed by atoms with E-state index >= 15 is 0 Å². The molecule has 2 aliphatic carbocycles. The van der Waals surface area contributed by atoms with Crippen molar-refractivity contribution in [1.29, 1.82) is 0 Å². The number of anilines is 2. The average molecular weight is 413 g/mol. The van der Waals surface area contributed by atoms with E-state index in [1.54, 1.807) is 0 Å². The van der Waals surface area contributed by atoms with Crippen LogP contribution in [0.2, 0.25) is 0 Å². The molecular formula is C27H32N4. The van der Waals surface area contributed by atoms with Gasteiger partial charge in [-0.25, -0.2) is 4.98 Å². The minimum absolute atomic E-state index is 0.691. The zero-order chi connectivity index (χ0) is 20.6. The lowest BCUT2D eigenvalue weighted by Gasteiger charge is -2.21. The van der Waals surface area contributed by atoms with Gasteiger partial charge in [-0.2, -0.15) is 0 Å². The van der Waals surface area contributed by atoms with Crippen molar-refractivity contribution in [3.63, 3.8) is 0 Å². The summed E-state index contributed by atoms with van der Waals surface area (Å²) < 4.78 is 0. The highest BCUT2D eigenvalue weighted by Crippen LogP contribution is 2.38. The summed E-state index contributed by atoms with van der Waals surface area (Å²) in [6.45, 7) is 0. The van der Waals surface area contributed by atoms with Crippen molar-refractivity contribution in [3.8, 4) is 0 Å². The molecule has 0 saturated heterocycles. The predicted molar refractivity (Wildman–Crippen MR) is 129 cm³/mol. The molecule has 31 heavy (non-hydrogen) atoms. The van der Waals surface area contributed by atoms with Gasteiger partial charge in [0.25, 0.3) is 0 Å². The number of H-pyrrole nitrogens is 2. The van der Waals surface area contributed by atoms with Gasteiger partial charge in [-0.05, 0) is 72.9 Å². The number of nitrogens with one attached hydrogen (secondary N) is 3. The molecule has 0 amide bonds. The van der Waals surface area contributed by atoms with Crippen LogP contribution in [0.15, 0.2) is 42.7 Å². The van der Waals surface area contributed by atoms with Crippen LogP contribution in [0.5, 0.6) is 0 Å². The second-order valence-corrected chi connectivity index (χ2v) is 9.64. The summed E-state index contributed by atoms with van der Waals surface area (Å²) in [4.78, 5) is 11.8. The maximum absolute atomic E-state index is 4.87. The summed E-state index contributed by atoms with van der Waals surface area (Å²) in [5.41, 5.74) is 6.24. The van der Waals surface area contributed by atoms with E-state index < -0.39 is 0 Å². The zero-order valence-corrected chi connectivity index (χ0v) is 18.2. The number of pyridine rings is 1. The predicted octanol–water partition coefficient (Wildman–Crippen LogP) is 7.88. The van der Waals surface area contributed by atoms with E-state index in [-0.39, 0.29) is 0 Å². The number of nitrogens with zero attached hydrogens (tertiary/aromatic N) is 1. The van der Waals surface area contributed by atoms with Gasteiger partial charge in [0, 0.05) is 34.4 Å². The molecule has 0 bridgehead atoms. The Kier molecular flexibility index (Phi) is 4.94. The van der Waals surface area contributed by atoms with E-state index in [0.717, 1.165) is 23.1 Å². The van der Waals surface area contributed by atoms with Crippen molar-refractivity contribution >= 4 is 33.4 Å². The van der Waals surface area contributed by atoms with Crippen LogP contribution < -0.4 is 5.32 Å². The topological polar surface area (TPSA) is 56.5 Å². The smallest absolute Gasteiger partial charge is 0.140 e. The molecular weight excluding hydrogens is 380 g/mol. The standard InChI is InChI=1S/C27H32N4/c1-3-7-18(8-4-1)23-16-28-25-15-20(11-12-21(23)25)30-26-14-13-22-24(17-29-27(22)31-26)19-9-5-2-6-10-19/h11-19,28H,1-10H2,(H2,29,30,31). The minimum Gasteiger partial charge on any atom is -0.361 e. The molecule has 1 aromatic carbocycles. The van der Waals surface area contributed by atoms with Gasteiger partial charge in [0.2, 0.25) is 0 Å². The van der Waals surface area contributed by atoms with Crippen LogP contribution in [0, 0.1) is 0 Å². The Balaban J connectivity index is 1.24. The van der Waals surface area contributed by atoms with Gasteiger partial charge in [-0.3, -0.25) is 0 Å². The van der Waals surface area contributed by atoms with Crippen LogP contribution in [-0.2, 0) is 0 Å². The molecule has 6 rings (SSSR count). The normalized spacial score (nSPS) is 18.7. The van der Waals surface area contributed by atoms with Crippen molar-refractivity contribution in [2.75, 3.05) is 5.32 Å². The van der Waals surface area contributed by atoms with Crippen LogP contribution in [0.1, 0.15) is 87.2 Å². The second-order valence-electron chi connectivity index (χ2n) is 9.64. The van der Waals surface area contributed by atoms with Crippen LogP contribution in [-0.4, -0.2) is 15.0 Å². The molecule has 4 aromatic rings. The van der Waals surface area contributed by atoms with Gasteiger partial charge in [0.15, 0.2) is 0 Å². The largest absolute Gasteiger partial charge is 0.361 e. The number of hydrogen-bond donors (Lipinski definition) is 3. The first kappa shape index (κ1) is 19.0. The summed E-state index contributed by atoms with van der Waals surface area (Å²) in [7, 11) is 0. The Morgan fingerprint density at radius 3 is 2.10 bits per heavy atom. The Labute approximate surface area is 183 Å². The summed E-state index contributed by atoms with van der Waals surface area (Å²) >= 11 is 0. The second kappa shape index (κ2) is 8.07. The van der Waals surface area contributed by atoms with E-state index in [0.29, 0.717) is 5.92 Å². The maximum Gasteiger partial charge on any atom is 0.140 e. The zero-order valence-electron chi connectivity index (χ0n) is 18.2. The summed E-state index contributed by atoms with van der Waals surface area (Å²) in [6.07, 6.45) is 17.9. The van der Waals surface area contributed by atoms with Crippen molar-refractivity contribution in [1.82, 2.24) is 15.0 Å². The molecule has 160 valence electrons. The molecule has 3 heterocycles. The summed E-state index contributed by atoms with van der Waals surface area (Å²) in [6, 6.07) is 11.0. The fourth-order valence-electron chi connectivity index (χ4n) is 5.97. The van der Waals surface area contributed by atoms with Gasteiger partial charge in [-0.15, -0.1) is 0 Å². The van der Waals surface area contributed by atoms with Crippen molar-refractivity contribution < 1.29 is 0 Å². The van der Waals surface area contributed by atoms with Gasteiger partial charge < -0.3 is 15.3 Å². The number of rotatable bonds is 4. The fraction of sp³-hybridized carbons (Fsp3) is 0.444. The van der Waals surface area contributed by atoms with Gasteiger partial charge >= 0.3 is 0 Å². The maximum atomic E-state index is 4.87. The van der Waals surface area contributed by atoms with Crippen LogP contribution >= 0.6 is 0 Å². The third-order valence-corrected chi connectivity index (χ3v) is 7.65. The highest BCUT2D eigenvalue weighted by molar-refractivity contribution is 5.88. The lowest BCUT2D eigenvalue weighted by molar-refractivity contribution is 0.445. The highest BCUT2D eigenvalue weighted by Gasteiger charge is 2.20. The Morgan fingerprint density at radius 2 is 1.35 bits per heavy atom. The fourth-order valence-corrected chi connectivity index (χ4v) is 5.97. The number of benzene rings is 1. The van der Waals surface area contributed by atoms with E-state index in [9.17, 15) is 0 Å². The Bertz CT molecular complexity index is 1090. The van der Waals surface area contributed by atoms with Crippen LogP contribution in [0.25, 0.3) is 21.9 Å². The first-order chi connectivity index (χ1) is 15.3. The Morgan fingerprint density at radius 1 is 0.710 bits per heavy atom. The molecule has 2 aliphatic rings. The third-order valence-electron chi connectivity index (χ3n) is 7.65. The highest BCUT2D eigenvalue weighted by atomic mass is 15.0. The molecule has 0 aliphatic heterocycles. The van der Waals surface area contributed by atoms with Crippen LogP contribution in [0.4, 0.5) is 11.5 Å². The molecule has 0 atom stereocenters. The molecule has 0 radical (unpaired) electrons. The average Bonchev–Trinajstić information content (AvgIpc) is 3.44. The van der Waals surface area contributed by atoms with Crippen molar-refractivity contribution in [2.45, 2.75) is 76.0 Å². The molecule has 3 aromatic heterocycles. The molecule has 3 N–H and O–H groups in total. The molecule has 2 fully saturated rings. The molecule has 4 heteroatoms. The van der Waals surface area contributed by atoms with Gasteiger partial charge in [0.05, 0.1) is 0 Å². The number of fused-ring (bicyclic) bond motifs is 2. The number of hydrogen-bond acceptors (Lipinski definition) is 2. The van der Waals surface area contributed by atoms with Gasteiger partial charge in [-0.1, -0.05) is 44.6 Å². The van der Waals surface area contributed by atoms with E-state index in [2.05, 4.69) is 58.0 Å². The summed E-state index contributed by atoms with van der Waals surface area (Å²) in [5, 5.41) is 6.18. The first-order valence-electron chi connectivity index (χ1n) is 12.2. The molecule has 4 nitrogen and oxygen atoms in total. The SMILES string of the molecule is c1cc2c(C3CCCCC3)c[nH]c2cc1Nc1ccc2c(C3CCCCC3)c[nH]c2n1. The van der Waals surface area contributed by atoms with Gasteiger partial charge in [0.1, 0.15) is 11.5 Å². The number of aromatic nitrogens is 3. The monoisotopic (exact) mass is 412 g/mol. The van der Waals surface area contributed by atoms with E-state index in [1.807, 2.05) is 0 Å². The third kappa shape index (κ3) is 3.62. The molecule has 0 unspecified atom stereocenters. The minimum atomic E-state index is 0.691. The molecule has 2 saturated carbocycles. The molecule has 0 spiro atoms. The lowest BCUT2D eigenvalue weighted by Crippen LogP contribution is -2.03. The van der Waals surface area contributed by atoms with Crippen molar-refractivity contribution in [3.05, 3.63) is 53.9 Å². The van der Waals surface area contributed by atoms with Crippen LogP contribution in [0.3, 0.4) is 0 Å². The quantitative estimate of drug-likeness (QED) is 0.319. The first-order valence-corrected chi connectivity index (χ1v) is 12.2. The Hall–Kier alpha value is -2.75. The van der Waals surface area contributed by atoms with E-state index in [1.165, 1.54) is 91.6 Å². The lowest BCUT2D eigenvalue weighted by atomic mass is 9.84. The van der Waals surface area contributed by atoms with Crippen molar-refractivity contribution in [2.24, 2.45) is 0 Å². The van der Waals surface area contributed by atoms with E-state index in [4.69, 9.17) is 4.98 Å².